The second kappa shape index (κ2) is 9.43. The van der Waals surface area contributed by atoms with Crippen LogP contribution < -0.4 is 11.6 Å². The Bertz CT molecular complexity index is 1300. The molecule has 192 valence electrons. The normalized spacial score (nSPS) is 26.2. The smallest absolute Gasteiger partial charge is 0.463 e. The summed E-state index contributed by atoms with van der Waals surface area (Å²) in [5.74, 6) is 7.65. The van der Waals surface area contributed by atoms with Gasteiger partial charge in [-0.2, -0.15) is 9.32 Å². The van der Waals surface area contributed by atoms with Crippen molar-refractivity contribution in [2.24, 2.45) is 5.84 Å². The number of amides is 1. The number of aliphatic hydroxyl groups excluding tert-OH is 1. The molecule has 20 heteroatoms. The molecule has 35 heavy (non-hydrogen) atoms. The lowest BCUT2D eigenvalue weighted by molar-refractivity contribution is -0.0947. The summed E-state index contributed by atoms with van der Waals surface area (Å²) < 4.78 is 37.5. The Morgan fingerprint density at radius 3 is 2.63 bits per heavy atom. The highest BCUT2D eigenvalue weighted by molar-refractivity contribution is 7.60. The molecule has 3 rings (SSSR count). The first-order valence-electron chi connectivity index (χ1n) is 9.24. The van der Waals surface area contributed by atoms with Gasteiger partial charge in [-0.3, -0.25) is 4.52 Å². The lowest BCUT2D eigenvalue weighted by Gasteiger charge is -2.27. The van der Waals surface area contributed by atoms with E-state index in [0.717, 1.165) is 6.33 Å². The van der Waals surface area contributed by atoms with Crippen molar-refractivity contribution in [2.75, 3.05) is 12.3 Å². The van der Waals surface area contributed by atoms with Gasteiger partial charge < -0.3 is 45.0 Å². The largest absolute Gasteiger partial charge is 0.481 e. The Labute approximate surface area is 195 Å². The summed E-state index contributed by atoms with van der Waals surface area (Å²) in [6.45, 7) is 0.242. The first kappa shape index (κ1) is 26.9. The summed E-state index contributed by atoms with van der Waals surface area (Å²) in [5.41, 5.74) is 3.95. The third-order valence-corrected chi connectivity index (χ3v) is 6.93. The molecule has 1 unspecified atom stereocenters. The number of phosphoric ester groups is 1. The average molecular weight is 538 g/mol. The van der Waals surface area contributed by atoms with E-state index in [0.29, 0.717) is 0 Å². The van der Waals surface area contributed by atoms with Crippen LogP contribution in [0.15, 0.2) is 12.5 Å². The Balaban J connectivity index is 1.96. The summed E-state index contributed by atoms with van der Waals surface area (Å²) in [6.07, 6.45) is -3.87. The summed E-state index contributed by atoms with van der Waals surface area (Å²) in [4.78, 5) is 45.6. The second-order valence-corrected chi connectivity index (χ2v) is 10.2. The van der Waals surface area contributed by atoms with Gasteiger partial charge in [0.1, 0.15) is 35.6 Å². The van der Waals surface area contributed by atoms with E-state index in [9.17, 15) is 29.0 Å². The fraction of sp³-hybridized carbons (Fsp3) is 0.400. The molecule has 1 fully saturated rings. The molecular weight excluding hydrogens is 518 g/mol. The van der Waals surface area contributed by atoms with Crippen molar-refractivity contribution >= 4 is 38.6 Å². The van der Waals surface area contributed by atoms with Gasteiger partial charge in [-0.05, 0) is 12.8 Å². The van der Waals surface area contributed by atoms with Crippen LogP contribution in [0, 0.1) is 12.0 Å². The van der Waals surface area contributed by atoms with Gasteiger partial charge in [-0.1, -0.05) is 0 Å². The summed E-state index contributed by atoms with van der Waals surface area (Å²) >= 11 is 0. The van der Waals surface area contributed by atoms with Crippen molar-refractivity contribution in [1.29, 1.82) is 0 Å². The lowest BCUT2D eigenvalue weighted by atomic mass is 9.96. The van der Waals surface area contributed by atoms with E-state index >= 15 is 0 Å². The zero-order valence-electron chi connectivity index (χ0n) is 17.6. The number of nitrogens with two attached hydrogens (primary N) is 2. The first-order valence-corrected chi connectivity index (χ1v) is 12.3. The SMILES string of the molecule is C[C@@]1(O)[C@H](O)[C@@H](COP(=O)(O)OP(=O)(O)O)O[C@H]1n1cc(C#CN(N)C(=O)O)c2c(N)ncnc21. The molecular formula is C15H20N6O12P2. The number of nitrogen functional groups attached to an aromatic ring is 1. The highest BCUT2D eigenvalue weighted by Gasteiger charge is 2.54. The van der Waals surface area contributed by atoms with E-state index in [1.54, 1.807) is 0 Å². The van der Waals surface area contributed by atoms with Crippen LogP contribution in [0.2, 0.25) is 0 Å². The molecule has 5 atom stereocenters. The molecule has 2 aromatic heterocycles. The first-order chi connectivity index (χ1) is 16.0. The van der Waals surface area contributed by atoms with E-state index in [2.05, 4.69) is 30.8 Å². The number of phosphoric acid groups is 2. The van der Waals surface area contributed by atoms with Crippen molar-refractivity contribution in [3.05, 3.63) is 18.1 Å². The van der Waals surface area contributed by atoms with E-state index in [4.69, 9.17) is 31.2 Å². The molecule has 1 saturated heterocycles. The van der Waals surface area contributed by atoms with Gasteiger partial charge in [-0.25, -0.2) is 29.7 Å². The molecule has 2 aromatic rings. The fourth-order valence-corrected chi connectivity index (χ4v) is 4.85. The minimum Gasteiger partial charge on any atom is -0.463 e. The van der Waals surface area contributed by atoms with E-state index in [1.807, 2.05) is 0 Å². The van der Waals surface area contributed by atoms with Gasteiger partial charge >= 0.3 is 21.7 Å². The Morgan fingerprint density at radius 2 is 2.03 bits per heavy atom. The van der Waals surface area contributed by atoms with Crippen LogP contribution in [0.3, 0.4) is 0 Å². The summed E-state index contributed by atoms with van der Waals surface area (Å²) in [7, 11) is -10.6. The van der Waals surface area contributed by atoms with Crippen LogP contribution in [0.5, 0.6) is 0 Å². The Morgan fingerprint density at radius 1 is 1.37 bits per heavy atom. The zero-order valence-corrected chi connectivity index (χ0v) is 19.4. The van der Waals surface area contributed by atoms with E-state index in [1.165, 1.54) is 17.7 Å². The van der Waals surface area contributed by atoms with Crippen LogP contribution in [-0.4, -0.2) is 80.1 Å². The molecule has 0 aliphatic carbocycles. The Hall–Kier alpha value is -2.65. The number of aliphatic hydroxyl groups is 2. The molecule has 0 radical (unpaired) electrons. The number of nitrogens with zero attached hydrogens (tertiary/aromatic N) is 4. The number of fused-ring (bicyclic) bond motifs is 1. The maximum absolute atomic E-state index is 11.7. The molecule has 3 heterocycles. The molecule has 0 saturated carbocycles. The monoisotopic (exact) mass is 538 g/mol. The van der Waals surface area contributed by atoms with Crippen LogP contribution in [0.1, 0.15) is 18.7 Å². The molecule has 18 nitrogen and oxygen atoms in total. The van der Waals surface area contributed by atoms with Crippen molar-refractivity contribution in [3.63, 3.8) is 0 Å². The minimum atomic E-state index is -5.38. The van der Waals surface area contributed by atoms with Gasteiger partial charge in [-0.15, -0.1) is 0 Å². The van der Waals surface area contributed by atoms with Crippen molar-refractivity contribution in [3.8, 4) is 12.0 Å². The Kier molecular flexibility index (Phi) is 7.26. The lowest BCUT2D eigenvalue weighted by Crippen LogP contribution is -2.44. The summed E-state index contributed by atoms with van der Waals surface area (Å²) in [5, 5.41) is 30.7. The van der Waals surface area contributed by atoms with Gasteiger partial charge in [0.2, 0.25) is 0 Å². The predicted molar refractivity (Wildman–Crippen MR) is 112 cm³/mol. The van der Waals surface area contributed by atoms with E-state index < -0.39 is 52.4 Å². The highest BCUT2D eigenvalue weighted by Crippen LogP contribution is 2.58. The molecule has 1 aliphatic rings. The average Bonchev–Trinajstić information content (AvgIpc) is 3.19. The molecule has 0 spiro atoms. The molecule has 0 aromatic carbocycles. The number of carbonyl (C=O) groups is 1. The topological polar surface area (TPSA) is 286 Å². The number of anilines is 1. The number of carboxylic acid groups (broad SMARTS) is 1. The fourth-order valence-electron chi connectivity index (χ4n) is 3.25. The standard InChI is InChI=1S/C15H20N6O12P2/c1-15(25)10(22)8(5-31-35(29,30)33-34(26,27)28)32-13(15)20-4-7(2-3-21(17)14(23)24)9-11(16)18-6-19-12(9)20/h4,6,8,10,13,22,25H,5,17H2,1H3,(H,23,24)(H,29,30)(H2,16,18,19)(H2,26,27,28)/t8-,10-,13-,15-/m1/s1. The highest BCUT2D eigenvalue weighted by atomic mass is 31.3. The zero-order chi connectivity index (χ0) is 26.3. The number of hydrazine groups is 1. The maximum Gasteiger partial charge on any atom is 0.481 e. The number of hydrogen-bond acceptors (Lipinski definition) is 12. The van der Waals surface area contributed by atoms with Crippen molar-refractivity contribution in [1.82, 2.24) is 19.5 Å². The third kappa shape index (κ3) is 5.78. The molecule has 1 amide bonds. The van der Waals surface area contributed by atoms with Crippen LogP contribution >= 0.6 is 15.6 Å². The number of aromatic nitrogens is 3. The molecule has 1 aliphatic heterocycles. The van der Waals surface area contributed by atoms with Gasteiger partial charge in [0.05, 0.1) is 17.6 Å². The van der Waals surface area contributed by atoms with Crippen molar-refractivity contribution in [2.45, 2.75) is 31.0 Å². The number of ether oxygens (including phenoxy) is 1. The van der Waals surface area contributed by atoms with Crippen molar-refractivity contribution < 1.29 is 57.5 Å². The van der Waals surface area contributed by atoms with Crippen LogP contribution in [0.25, 0.3) is 11.0 Å². The maximum atomic E-state index is 11.7. The number of hydrogen-bond donors (Lipinski definition) is 8. The van der Waals surface area contributed by atoms with Crippen LogP contribution in [-0.2, 0) is 22.7 Å². The minimum absolute atomic E-state index is 0.0532. The van der Waals surface area contributed by atoms with Gasteiger partial charge in [0, 0.05) is 12.2 Å². The molecule has 0 bridgehead atoms. The van der Waals surface area contributed by atoms with Crippen LogP contribution in [0.4, 0.5) is 10.6 Å². The van der Waals surface area contributed by atoms with Gasteiger partial charge in [0.15, 0.2) is 6.23 Å². The summed E-state index contributed by atoms with van der Waals surface area (Å²) in [6, 6.07) is 2.14. The third-order valence-electron chi connectivity index (χ3n) is 4.77. The molecule has 10 N–H and O–H groups in total. The van der Waals surface area contributed by atoms with Gasteiger partial charge in [0.25, 0.3) is 0 Å². The predicted octanol–water partition coefficient (Wildman–Crippen LogP) is -1.59. The van der Waals surface area contributed by atoms with E-state index in [-0.39, 0.29) is 27.4 Å². The second-order valence-electron chi connectivity index (χ2n) is 7.33. The number of rotatable bonds is 6. The quantitative estimate of drug-likeness (QED) is 0.0513.